The Bertz CT molecular complexity index is 335. The summed E-state index contributed by atoms with van der Waals surface area (Å²) in [6.45, 7) is 11.3. The van der Waals surface area contributed by atoms with Gasteiger partial charge in [-0.3, -0.25) is 0 Å². The molecule has 0 aliphatic heterocycles. The van der Waals surface area contributed by atoms with Gasteiger partial charge in [0.1, 0.15) is 5.82 Å². The van der Waals surface area contributed by atoms with Crippen LogP contribution in [0.15, 0.2) is 5.16 Å². The standard InChI is InChI=1S/C12H25N5S/c1-4-7-17-11(10-13)14-15-12(17)18-9-8-16(5-2)6-3/h4-10,13H2,1-3H3. The summed E-state index contributed by atoms with van der Waals surface area (Å²) in [5.74, 6) is 1.94. The van der Waals surface area contributed by atoms with Gasteiger partial charge in [-0.1, -0.05) is 32.5 Å². The maximum Gasteiger partial charge on any atom is 0.191 e. The summed E-state index contributed by atoms with van der Waals surface area (Å²) in [5, 5.41) is 9.38. The highest BCUT2D eigenvalue weighted by molar-refractivity contribution is 7.99. The van der Waals surface area contributed by atoms with Crippen LogP contribution in [-0.4, -0.2) is 45.1 Å². The summed E-state index contributed by atoms with van der Waals surface area (Å²) in [6.07, 6.45) is 1.08. The molecule has 2 N–H and O–H groups in total. The molecule has 0 atom stereocenters. The molecule has 1 aromatic heterocycles. The largest absolute Gasteiger partial charge is 0.324 e. The third-order valence-corrected chi connectivity index (χ3v) is 3.90. The highest BCUT2D eigenvalue weighted by atomic mass is 32.2. The summed E-state index contributed by atoms with van der Waals surface area (Å²) >= 11 is 1.77. The van der Waals surface area contributed by atoms with E-state index in [1.165, 1.54) is 0 Å². The van der Waals surface area contributed by atoms with Crippen LogP contribution in [0.5, 0.6) is 0 Å². The fourth-order valence-electron chi connectivity index (χ4n) is 1.83. The highest BCUT2D eigenvalue weighted by Crippen LogP contribution is 2.17. The van der Waals surface area contributed by atoms with Crippen molar-refractivity contribution in [3.05, 3.63) is 5.82 Å². The van der Waals surface area contributed by atoms with Crippen LogP contribution in [0.4, 0.5) is 0 Å². The first-order chi connectivity index (χ1) is 8.76. The summed E-state index contributed by atoms with van der Waals surface area (Å²) in [6, 6.07) is 0. The lowest BCUT2D eigenvalue weighted by atomic mass is 10.4. The first kappa shape index (κ1) is 15.5. The molecule has 1 aromatic rings. The Balaban J connectivity index is 2.53. The first-order valence-electron chi connectivity index (χ1n) is 6.74. The predicted octanol–water partition coefficient (Wildman–Crippen LogP) is 1.58. The maximum absolute atomic E-state index is 5.67. The smallest absolute Gasteiger partial charge is 0.191 e. The van der Waals surface area contributed by atoms with Crippen LogP contribution in [-0.2, 0) is 13.1 Å². The van der Waals surface area contributed by atoms with Gasteiger partial charge in [-0.05, 0) is 19.5 Å². The molecule has 5 nitrogen and oxygen atoms in total. The predicted molar refractivity (Wildman–Crippen MR) is 76.7 cm³/mol. The van der Waals surface area contributed by atoms with Gasteiger partial charge in [-0.15, -0.1) is 10.2 Å². The SMILES string of the molecule is CCCn1c(CN)nnc1SCCN(CC)CC. The van der Waals surface area contributed by atoms with Crippen molar-refractivity contribution in [1.29, 1.82) is 0 Å². The molecule has 0 aliphatic carbocycles. The van der Waals surface area contributed by atoms with Crippen LogP contribution < -0.4 is 5.73 Å². The monoisotopic (exact) mass is 271 g/mol. The zero-order valence-electron chi connectivity index (χ0n) is 11.7. The molecule has 0 spiro atoms. The minimum atomic E-state index is 0.462. The van der Waals surface area contributed by atoms with Crippen LogP contribution in [0.2, 0.25) is 0 Å². The van der Waals surface area contributed by atoms with Gasteiger partial charge in [0.2, 0.25) is 0 Å². The van der Waals surface area contributed by atoms with E-state index in [1.54, 1.807) is 11.8 Å². The van der Waals surface area contributed by atoms with E-state index in [1.807, 2.05) is 0 Å². The average Bonchev–Trinajstić information content (AvgIpc) is 2.78. The van der Waals surface area contributed by atoms with Gasteiger partial charge in [0, 0.05) is 18.8 Å². The molecule has 104 valence electrons. The van der Waals surface area contributed by atoms with E-state index in [-0.39, 0.29) is 0 Å². The lowest BCUT2D eigenvalue weighted by Crippen LogP contribution is -2.25. The fourth-order valence-corrected chi connectivity index (χ4v) is 2.81. The van der Waals surface area contributed by atoms with Gasteiger partial charge >= 0.3 is 0 Å². The first-order valence-corrected chi connectivity index (χ1v) is 7.72. The number of rotatable bonds is 9. The number of nitrogens with two attached hydrogens (primary N) is 1. The molecule has 0 saturated carbocycles. The Hall–Kier alpha value is -0.590. The molecule has 1 heterocycles. The van der Waals surface area contributed by atoms with E-state index in [9.17, 15) is 0 Å². The van der Waals surface area contributed by atoms with Crippen molar-refractivity contribution >= 4 is 11.8 Å². The molecule has 0 fully saturated rings. The summed E-state index contributed by atoms with van der Waals surface area (Å²) in [4.78, 5) is 2.41. The Morgan fingerprint density at radius 2 is 1.94 bits per heavy atom. The molecule has 0 unspecified atom stereocenters. The van der Waals surface area contributed by atoms with Gasteiger partial charge < -0.3 is 15.2 Å². The molecule has 1 rings (SSSR count). The van der Waals surface area contributed by atoms with E-state index in [0.29, 0.717) is 6.54 Å². The quantitative estimate of drug-likeness (QED) is 0.691. The molecule has 0 aromatic carbocycles. The zero-order chi connectivity index (χ0) is 13.4. The Kier molecular flexibility index (Phi) is 7.31. The van der Waals surface area contributed by atoms with E-state index in [4.69, 9.17) is 5.73 Å². The van der Waals surface area contributed by atoms with Crippen molar-refractivity contribution in [3.63, 3.8) is 0 Å². The lowest BCUT2D eigenvalue weighted by Gasteiger charge is -2.17. The van der Waals surface area contributed by atoms with Crippen LogP contribution in [0, 0.1) is 0 Å². The number of hydrogen-bond acceptors (Lipinski definition) is 5. The number of thioether (sulfide) groups is 1. The minimum Gasteiger partial charge on any atom is -0.324 e. The molecule has 0 amide bonds. The average molecular weight is 271 g/mol. The van der Waals surface area contributed by atoms with E-state index >= 15 is 0 Å². The van der Waals surface area contributed by atoms with Crippen molar-refractivity contribution in [3.8, 4) is 0 Å². The molecule has 0 saturated heterocycles. The minimum absolute atomic E-state index is 0.462. The fraction of sp³-hybridized carbons (Fsp3) is 0.833. The summed E-state index contributed by atoms with van der Waals surface area (Å²) in [5.41, 5.74) is 5.67. The third-order valence-electron chi connectivity index (χ3n) is 2.96. The molecule has 6 heteroatoms. The highest BCUT2D eigenvalue weighted by Gasteiger charge is 2.10. The van der Waals surface area contributed by atoms with Crippen molar-refractivity contribution < 1.29 is 0 Å². The van der Waals surface area contributed by atoms with Gasteiger partial charge in [-0.2, -0.15) is 0 Å². The van der Waals surface area contributed by atoms with Crippen molar-refractivity contribution in [1.82, 2.24) is 19.7 Å². The molecular weight excluding hydrogens is 246 g/mol. The van der Waals surface area contributed by atoms with Crippen molar-refractivity contribution in [2.75, 3.05) is 25.4 Å². The third kappa shape index (κ3) is 4.26. The molecule has 0 radical (unpaired) electrons. The Labute approximate surface area is 114 Å². The molecular formula is C12H25N5S. The van der Waals surface area contributed by atoms with Crippen molar-refractivity contribution in [2.24, 2.45) is 5.73 Å². The van der Waals surface area contributed by atoms with Gasteiger partial charge in [0.05, 0.1) is 6.54 Å². The zero-order valence-corrected chi connectivity index (χ0v) is 12.5. The van der Waals surface area contributed by atoms with Gasteiger partial charge in [0.15, 0.2) is 5.16 Å². The molecule has 0 aliphatic rings. The Morgan fingerprint density at radius 1 is 1.22 bits per heavy atom. The van der Waals surface area contributed by atoms with E-state index in [2.05, 4.69) is 40.4 Å². The van der Waals surface area contributed by atoms with Gasteiger partial charge in [0.25, 0.3) is 0 Å². The van der Waals surface area contributed by atoms with Crippen LogP contribution in [0.25, 0.3) is 0 Å². The van der Waals surface area contributed by atoms with Crippen LogP contribution in [0.3, 0.4) is 0 Å². The summed E-state index contributed by atoms with van der Waals surface area (Å²) in [7, 11) is 0. The topological polar surface area (TPSA) is 60.0 Å². The second kappa shape index (κ2) is 8.50. The molecule has 18 heavy (non-hydrogen) atoms. The van der Waals surface area contributed by atoms with E-state index in [0.717, 1.165) is 49.3 Å². The van der Waals surface area contributed by atoms with Crippen molar-refractivity contribution in [2.45, 2.75) is 45.4 Å². The lowest BCUT2D eigenvalue weighted by molar-refractivity contribution is 0.323. The Morgan fingerprint density at radius 3 is 2.50 bits per heavy atom. The second-order valence-corrected chi connectivity index (χ2v) is 5.19. The normalized spacial score (nSPS) is 11.4. The second-order valence-electron chi connectivity index (χ2n) is 4.13. The van der Waals surface area contributed by atoms with Crippen LogP contribution in [0.1, 0.15) is 33.0 Å². The summed E-state index contributed by atoms with van der Waals surface area (Å²) < 4.78 is 2.15. The van der Waals surface area contributed by atoms with Gasteiger partial charge in [-0.25, -0.2) is 0 Å². The maximum atomic E-state index is 5.67. The number of aromatic nitrogens is 3. The molecule has 0 bridgehead atoms. The number of hydrogen-bond donors (Lipinski definition) is 1. The van der Waals surface area contributed by atoms with E-state index < -0.39 is 0 Å². The van der Waals surface area contributed by atoms with Crippen LogP contribution >= 0.6 is 11.8 Å². The number of nitrogens with zero attached hydrogens (tertiary/aromatic N) is 4.